The Morgan fingerprint density at radius 2 is 2.14 bits per heavy atom. The standard InChI is InChI=1S/C13H16BrNO5S2/c1-19-10-4-3-9(14)7-12(10)22(17,18)15-5-6-21-11(8-15)13(16)20-2/h3-4,7,11H,5-6,8H2,1-2H3/t11-/m0/s1. The van der Waals surface area contributed by atoms with E-state index in [9.17, 15) is 13.2 Å². The molecule has 0 aromatic heterocycles. The fourth-order valence-electron chi connectivity index (χ4n) is 2.11. The predicted molar refractivity (Wildman–Crippen MR) is 87.7 cm³/mol. The molecule has 1 aliphatic rings. The van der Waals surface area contributed by atoms with Gasteiger partial charge in [0.25, 0.3) is 0 Å². The number of thioether (sulfide) groups is 1. The van der Waals surface area contributed by atoms with Crippen LogP contribution < -0.4 is 4.74 Å². The van der Waals surface area contributed by atoms with Crippen LogP contribution in [0.4, 0.5) is 0 Å². The van der Waals surface area contributed by atoms with Crippen molar-refractivity contribution < 1.29 is 22.7 Å². The fraction of sp³-hybridized carbons (Fsp3) is 0.462. The fourth-order valence-corrected chi connectivity index (χ4v) is 5.60. The Hall–Kier alpha value is -0.770. The lowest BCUT2D eigenvalue weighted by molar-refractivity contribution is -0.140. The lowest BCUT2D eigenvalue weighted by atomic mass is 10.3. The second-order valence-corrected chi connectivity index (χ2v) is 8.67. The van der Waals surface area contributed by atoms with E-state index < -0.39 is 21.2 Å². The molecular weight excluding hydrogens is 394 g/mol. The number of halogens is 1. The van der Waals surface area contributed by atoms with Gasteiger partial charge in [-0.05, 0) is 18.2 Å². The highest BCUT2D eigenvalue weighted by atomic mass is 79.9. The van der Waals surface area contributed by atoms with Crippen molar-refractivity contribution in [1.82, 2.24) is 4.31 Å². The Morgan fingerprint density at radius 1 is 1.41 bits per heavy atom. The maximum Gasteiger partial charge on any atom is 0.320 e. The van der Waals surface area contributed by atoms with E-state index in [0.29, 0.717) is 16.8 Å². The number of hydrogen-bond donors (Lipinski definition) is 0. The Morgan fingerprint density at radius 3 is 2.77 bits per heavy atom. The third-order valence-electron chi connectivity index (χ3n) is 3.24. The molecule has 0 aliphatic carbocycles. The molecule has 0 amide bonds. The van der Waals surface area contributed by atoms with Crippen molar-refractivity contribution >= 4 is 43.7 Å². The molecule has 122 valence electrons. The molecule has 1 aliphatic heterocycles. The van der Waals surface area contributed by atoms with Crippen LogP contribution in [-0.2, 0) is 19.6 Å². The Labute approximate surface area is 142 Å². The molecule has 1 aromatic carbocycles. The van der Waals surface area contributed by atoms with Gasteiger partial charge in [-0.25, -0.2) is 8.42 Å². The molecule has 0 spiro atoms. The van der Waals surface area contributed by atoms with Gasteiger partial charge in [-0.1, -0.05) is 15.9 Å². The average molecular weight is 410 g/mol. The summed E-state index contributed by atoms with van der Waals surface area (Å²) >= 11 is 4.67. The number of methoxy groups -OCH3 is 2. The van der Waals surface area contributed by atoms with Crippen molar-refractivity contribution in [3.63, 3.8) is 0 Å². The molecule has 0 bridgehead atoms. The Bertz CT molecular complexity index is 664. The summed E-state index contributed by atoms with van der Waals surface area (Å²) in [5.74, 6) is 0.400. The summed E-state index contributed by atoms with van der Waals surface area (Å²) in [7, 11) is -1.02. The molecule has 1 atom stereocenters. The molecular formula is C13H16BrNO5S2. The van der Waals surface area contributed by atoms with E-state index in [0.717, 1.165) is 0 Å². The monoisotopic (exact) mass is 409 g/mol. The third kappa shape index (κ3) is 3.58. The van der Waals surface area contributed by atoms with E-state index in [1.165, 1.54) is 36.4 Å². The maximum atomic E-state index is 12.8. The van der Waals surface area contributed by atoms with Gasteiger partial charge in [-0.2, -0.15) is 4.31 Å². The molecule has 1 saturated heterocycles. The van der Waals surface area contributed by atoms with Crippen molar-refractivity contribution in [2.45, 2.75) is 10.1 Å². The van der Waals surface area contributed by atoms with Gasteiger partial charge in [0.15, 0.2) is 0 Å². The van der Waals surface area contributed by atoms with Gasteiger partial charge in [0.1, 0.15) is 15.9 Å². The number of nitrogens with zero attached hydrogens (tertiary/aromatic N) is 1. The summed E-state index contributed by atoms with van der Waals surface area (Å²) in [5.41, 5.74) is 0. The van der Waals surface area contributed by atoms with Gasteiger partial charge in [-0.3, -0.25) is 4.79 Å². The molecule has 9 heteroatoms. The van der Waals surface area contributed by atoms with Crippen molar-refractivity contribution in [2.75, 3.05) is 33.1 Å². The van der Waals surface area contributed by atoms with E-state index in [2.05, 4.69) is 15.9 Å². The highest BCUT2D eigenvalue weighted by molar-refractivity contribution is 9.10. The molecule has 1 heterocycles. The highest BCUT2D eigenvalue weighted by Gasteiger charge is 2.35. The molecule has 1 aromatic rings. The predicted octanol–water partition coefficient (Wildman–Crippen LogP) is 1.74. The number of ether oxygens (including phenoxy) is 2. The molecule has 6 nitrogen and oxygen atoms in total. The Balaban J connectivity index is 2.34. The third-order valence-corrected chi connectivity index (χ3v) is 6.78. The molecule has 1 fully saturated rings. The van der Waals surface area contributed by atoms with Gasteiger partial charge in [0, 0.05) is 23.3 Å². The largest absolute Gasteiger partial charge is 0.495 e. The smallest absolute Gasteiger partial charge is 0.320 e. The second-order valence-electron chi connectivity index (χ2n) is 4.54. The minimum Gasteiger partial charge on any atom is -0.495 e. The van der Waals surface area contributed by atoms with Crippen LogP contribution in [-0.4, -0.2) is 57.0 Å². The first-order valence-electron chi connectivity index (χ1n) is 6.43. The van der Waals surface area contributed by atoms with Gasteiger partial charge in [0.2, 0.25) is 10.0 Å². The first-order valence-corrected chi connectivity index (χ1v) is 9.71. The number of esters is 1. The maximum absolute atomic E-state index is 12.8. The Kier molecular flexibility index (Phi) is 5.76. The van der Waals surface area contributed by atoms with E-state index in [1.54, 1.807) is 12.1 Å². The lowest BCUT2D eigenvalue weighted by Crippen LogP contribution is -2.44. The summed E-state index contributed by atoms with van der Waals surface area (Å²) in [4.78, 5) is 11.7. The van der Waals surface area contributed by atoms with Crippen LogP contribution in [0.5, 0.6) is 5.75 Å². The molecule has 2 rings (SSSR count). The SMILES string of the molecule is COC(=O)[C@@H]1CN(S(=O)(=O)c2cc(Br)ccc2OC)CCS1. The topological polar surface area (TPSA) is 72.9 Å². The van der Waals surface area contributed by atoms with Crippen molar-refractivity contribution in [3.8, 4) is 5.75 Å². The number of rotatable bonds is 4. The normalized spacial score (nSPS) is 19.7. The minimum absolute atomic E-state index is 0.0832. The highest BCUT2D eigenvalue weighted by Crippen LogP contribution is 2.32. The molecule has 0 unspecified atom stereocenters. The van der Waals surface area contributed by atoms with Gasteiger partial charge < -0.3 is 9.47 Å². The summed E-state index contributed by atoms with van der Waals surface area (Å²) in [6, 6.07) is 4.80. The zero-order valence-corrected chi connectivity index (χ0v) is 15.3. The summed E-state index contributed by atoms with van der Waals surface area (Å²) < 4.78 is 37.5. The van der Waals surface area contributed by atoms with E-state index in [1.807, 2.05) is 0 Å². The van der Waals surface area contributed by atoms with Crippen LogP contribution in [0, 0.1) is 0 Å². The van der Waals surface area contributed by atoms with Crippen LogP contribution in [0.2, 0.25) is 0 Å². The van der Waals surface area contributed by atoms with Gasteiger partial charge >= 0.3 is 5.97 Å². The van der Waals surface area contributed by atoms with E-state index in [-0.39, 0.29) is 17.2 Å². The minimum atomic E-state index is -3.74. The molecule has 22 heavy (non-hydrogen) atoms. The zero-order valence-electron chi connectivity index (χ0n) is 12.1. The van der Waals surface area contributed by atoms with Crippen LogP contribution in [0.1, 0.15) is 0 Å². The zero-order chi connectivity index (χ0) is 16.3. The van der Waals surface area contributed by atoms with Crippen LogP contribution >= 0.6 is 27.7 Å². The number of carbonyl (C=O) groups excluding carboxylic acids is 1. The van der Waals surface area contributed by atoms with Crippen LogP contribution in [0.25, 0.3) is 0 Å². The van der Waals surface area contributed by atoms with Gasteiger partial charge in [-0.15, -0.1) is 11.8 Å². The second kappa shape index (κ2) is 7.20. The van der Waals surface area contributed by atoms with E-state index >= 15 is 0 Å². The number of benzene rings is 1. The van der Waals surface area contributed by atoms with Crippen LogP contribution in [0.3, 0.4) is 0 Å². The summed E-state index contributed by atoms with van der Waals surface area (Å²) in [5, 5.41) is -0.508. The average Bonchev–Trinajstić information content (AvgIpc) is 2.54. The van der Waals surface area contributed by atoms with Crippen LogP contribution in [0.15, 0.2) is 27.6 Å². The quantitative estimate of drug-likeness (QED) is 0.705. The summed E-state index contributed by atoms with van der Waals surface area (Å²) in [6.45, 7) is 0.436. The lowest BCUT2D eigenvalue weighted by Gasteiger charge is -2.30. The van der Waals surface area contributed by atoms with E-state index in [4.69, 9.17) is 9.47 Å². The summed E-state index contributed by atoms with van der Waals surface area (Å²) in [6.07, 6.45) is 0. The van der Waals surface area contributed by atoms with Crippen molar-refractivity contribution in [3.05, 3.63) is 22.7 Å². The number of carbonyl (C=O) groups is 1. The molecule has 0 saturated carbocycles. The first-order chi connectivity index (χ1) is 10.4. The number of sulfonamides is 1. The first kappa shape index (κ1) is 17.6. The van der Waals surface area contributed by atoms with Gasteiger partial charge in [0.05, 0.1) is 14.2 Å². The van der Waals surface area contributed by atoms with Crippen molar-refractivity contribution in [1.29, 1.82) is 0 Å². The molecule has 0 radical (unpaired) electrons. The van der Waals surface area contributed by atoms with Crippen molar-refractivity contribution in [2.24, 2.45) is 0 Å². The molecule has 0 N–H and O–H groups in total. The number of hydrogen-bond acceptors (Lipinski definition) is 6.